The molecule has 2 aromatic rings. The molecule has 0 saturated carbocycles. The van der Waals surface area contributed by atoms with Crippen molar-refractivity contribution in [3.63, 3.8) is 0 Å². The number of anilines is 1. The molecule has 2 N–H and O–H groups in total. The summed E-state index contributed by atoms with van der Waals surface area (Å²) in [5.41, 5.74) is 7.54. The minimum absolute atomic E-state index is 0.172. The van der Waals surface area contributed by atoms with Gasteiger partial charge >= 0.3 is 0 Å². The number of hydrogen-bond acceptors (Lipinski definition) is 2. The van der Waals surface area contributed by atoms with Crippen LogP contribution in [0.25, 0.3) is 10.1 Å². The van der Waals surface area contributed by atoms with Gasteiger partial charge in [-0.2, -0.15) is 0 Å². The van der Waals surface area contributed by atoms with E-state index in [9.17, 15) is 4.39 Å². The second-order valence-electron chi connectivity index (χ2n) is 2.98. The molecular formula is C10H10FNS. The van der Waals surface area contributed by atoms with Crippen LogP contribution in [0.1, 0.15) is 12.5 Å². The van der Waals surface area contributed by atoms with Crippen molar-refractivity contribution in [3.05, 3.63) is 28.9 Å². The first-order chi connectivity index (χ1) is 6.22. The van der Waals surface area contributed by atoms with Gasteiger partial charge in [-0.15, -0.1) is 11.3 Å². The van der Waals surface area contributed by atoms with Crippen molar-refractivity contribution >= 4 is 27.1 Å². The van der Waals surface area contributed by atoms with Crippen LogP contribution in [0.2, 0.25) is 0 Å². The van der Waals surface area contributed by atoms with Crippen LogP contribution in [0.5, 0.6) is 0 Å². The number of hydrogen-bond donors (Lipinski definition) is 1. The maximum atomic E-state index is 13.1. The average molecular weight is 195 g/mol. The number of nitrogen functional groups attached to an aromatic ring is 1. The first-order valence-electron chi connectivity index (χ1n) is 4.17. The second kappa shape index (κ2) is 3.00. The molecule has 0 unspecified atom stereocenters. The predicted molar refractivity (Wildman–Crippen MR) is 55.6 cm³/mol. The van der Waals surface area contributed by atoms with Gasteiger partial charge in [0, 0.05) is 21.2 Å². The normalized spacial score (nSPS) is 10.9. The molecule has 0 atom stereocenters. The molecule has 0 amide bonds. The molecule has 0 aliphatic heterocycles. The Morgan fingerprint density at radius 1 is 1.46 bits per heavy atom. The molecule has 1 heterocycles. The standard InChI is InChI=1S/C10H10FNS/c1-2-6-3-10-7(4-9(6)12)8(11)5-13-10/h3-5H,2,12H2,1H3. The first-order valence-corrected chi connectivity index (χ1v) is 5.05. The van der Waals surface area contributed by atoms with Gasteiger partial charge in [-0.05, 0) is 24.1 Å². The van der Waals surface area contributed by atoms with Gasteiger partial charge in [0.25, 0.3) is 0 Å². The van der Waals surface area contributed by atoms with Crippen LogP contribution in [-0.4, -0.2) is 0 Å². The zero-order chi connectivity index (χ0) is 9.42. The predicted octanol–water partition coefficient (Wildman–Crippen LogP) is 3.19. The summed E-state index contributed by atoms with van der Waals surface area (Å²) in [6.07, 6.45) is 0.890. The molecule has 1 aromatic carbocycles. The minimum Gasteiger partial charge on any atom is -0.398 e. The van der Waals surface area contributed by atoms with Gasteiger partial charge in [-0.3, -0.25) is 0 Å². The summed E-state index contributed by atoms with van der Waals surface area (Å²) < 4.78 is 14.1. The van der Waals surface area contributed by atoms with Gasteiger partial charge in [0.1, 0.15) is 5.82 Å². The summed E-state index contributed by atoms with van der Waals surface area (Å²) in [6.45, 7) is 2.04. The molecule has 0 radical (unpaired) electrons. The Morgan fingerprint density at radius 2 is 2.23 bits per heavy atom. The van der Waals surface area contributed by atoms with E-state index in [1.54, 1.807) is 6.07 Å². The van der Waals surface area contributed by atoms with Crippen molar-refractivity contribution in [3.8, 4) is 0 Å². The van der Waals surface area contributed by atoms with E-state index in [4.69, 9.17) is 5.73 Å². The van der Waals surface area contributed by atoms with Crippen LogP contribution in [0.15, 0.2) is 17.5 Å². The monoisotopic (exact) mass is 195 g/mol. The zero-order valence-corrected chi connectivity index (χ0v) is 8.12. The van der Waals surface area contributed by atoms with E-state index in [1.807, 2.05) is 13.0 Å². The minimum atomic E-state index is -0.172. The number of thiophene rings is 1. The highest BCUT2D eigenvalue weighted by atomic mass is 32.1. The van der Waals surface area contributed by atoms with Crippen LogP contribution in [0, 0.1) is 5.82 Å². The molecule has 2 rings (SSSR count). The smallest absolute Gasteiger partial charge is 0.141 e. The van der Waals surface area contributed by atoms with Crippen molar-refractivity contribution in [2.75, 3.05) is 5.73 Å². The Hall–Kier alpha value is -1.09. The highest BCUT2D eigenvalue weighted by Crippen LogP contribution is 2.29. The van der Waals surface area contributed by atoms with Crippen LogP contribution in [0.3, 0.4) is 0 Å². The highest BCUT2D eigenvalue weighted by Gasteiger charge is 2.06. The highest BCUT2D eigenvalue weighted by molar-refractivity contribution is 7.17. The molecule has 0 saturated heterocycles. The van der Waals surface area contributed by atoms with Gasteiger partial charge in [-0.1, -0.05) is 6.92 Å². The van der Waals surface area contributed by atoms with Crippen molar-refractivity contribution in [1.29, 1.82) is 0 Å². The van der Waals surface area contributed by atoms with Crippen molar-refractivity contribution in [2.45, 2.75) is 13.3 Å². The fourth-order valence-corrected chi connectivity index (χ4v) is 2.26. The zero-order valence-electron chi connectivity index (χ0n) is 7.30. The lowest BCUT2D eigenvalue weighted by Gasteiger charge is -2.02. The molecule has 68 valence electrons. The Balaban J connectivity index is 2.76. The molecule has 1 aromatic heterocycles. The number of aryl methyl sites for hydroxylation is 1. The summed E-state index contributed by atoms with van der Waals surface area (Å²) in [5, 5.41) is 2.16. The molecule has 0 aliphatic carbocycles. The van der Waals surface area contributed by atoms with Gasteiger partial charge in [0.2, 0.25) is 0 Å². The van der Waals surface area contributed by atoms with Gasteiger partial charge in [-0.25, -0.2) is 4.39 Å². The van der Waals surface area contributed by atoms with Crippen LogP contribution in [-0.2, 0) is 6.42 Å². The summed E-state index contributed by atoms with van der Waals surface area (Å²) in [6, 6.07) is 3.69. The molecule has 0 bridgehead atoms. The summed E-state index contributed by atoms with van der Waals surface area (Å²) in [7, 11) is 0. The van der Waals surface area contributed by atoms with E-state index < -0.39 is 0 Å². The number of fused-ring (bicyclic) bond motifs is 1. The lowest BCUT2D eigenvalue weighted by molar-refractivity contribution is 0.644. The van der Waals surface area contributed by atoms with E-state index >= 15 is 0 Å². The van der Waals surface area contributed by atoms with Gasteiger partial charge in [0.15, 0.2) is 0 Å². The SMILES string of the molecule is CCc1cc2scc(F)c2cc1N. The van der Waals surface area contributed by atoms with E-state index in [0.717, 1.165) is 16.7 Å². The van der Waals surface area contributed by atoms with E-state index in [-0.39, 0.29) is 5.82 Å². The average Bonchev–Trinajstić information content (AvgIpc) is 2.47. The third-order valence-electron chi connectivity index (χ3n) is 2.17. The Kier molecular flexibility index (Phi) is 1.96. The Morgan fingerprint density at radius 3 is 2.92 bits per heavy atom. The van der Waals surface area contributed by atoms with E-state index in [0.29, 0.717) is 11.1 Å². The molecule has 0 aliphatic rings. The van der Waals surface area contributed by atoms with Crippen LogP contribution >= 0.6 is 11.3 Å². The maximum absolute atomic E-state index is 13.1. The topological polar surface area (TPSA) is 26.0 Å². The summed E-state index contributed by atoms with van der Waals surface area (Å²) >= 11 is 1.42. The lowest BCUT2D eigenvalue weighted by Crippen LogP contribution is -1.91. The van der Waals surface area contributed by atoms with Crippen molar-refractivity contribution < 1.29 is 4.39 Å². The van der Waals surface area contributed by atoms with Crippen molar-refractivity contribution in [2.24, 2.45) is 0 Å². The number of rotatable bonds is 1. The molecule has 0 spiro atoms. The van der Waals surface area contributed by atoms with Crippen LogP contribution < -0.4 is 5.73 Å². The quantitative estimate of drug-likeness (QED) is 0.695. The fraction of sp³-hybridized carbons (Fsp3) is 0.200. The summed E-state index contributed by atoms with van der Waals surface area (Å²) in [4.78, 5) is 0. The maximum Gasteiger partial charge on any atom is 0.141 e. The lowest BCUT2D eigenvalue weighted by atomic mass is 10.1. The molecule has 3 heteroatoms. The van der Waals surface area contributed by atoms with Crippen molar-refractivity contribution in [1.82, 2.24) is 0 Å². The molecule has 0 fully saturated rings. The Labute approximate surface area is 80.0 Å². The number of nitrogens with two attached hydrogens (primary N) is 1. The van der Waals surface area contributed by atoms with E-state index in [1.165, 1.54) is 16.7 Å². The van der Waals surface area contributed by atoms with Crippen LogP contribution in [0.4, 0.5) is 10.1 Å². The fourth-order valence-electron chi connectivity index (χ4n) is 1.41. The first kappa shape index (κ1) is 8.51. The molecule has 1 nitrogen and oxygen atoms in total. The largest absolute Gasteiger partial charge is 0.398 e. The third kappa shape index (κ3) is 1.29. The number of halogens is 1. The number of benzene rings is 1. The van der Waals surface area contributed by atoms with Gasteiger partial charge in [0.05, 0.1) is 0 Å². The second-order valence-corrected chi connectivity index (χ2v) is 3.90. The Bertz CT molecular complexity index is 447. The van der Waals surface area contributed by atoms with E-state index in [2.05, 4.69) is 0 Å². The summed E-state index contributed by atoms with van der Waals surface area (Å²) in [5.74, 6) is -0.172. The van der Waals surface area contributed by atoms with Gasteiger partial charge < -0.3 is 5.73 Å². The third-order valence-corrected chi connectivity index (χ3v) is 3.09. The molecular weight excluding hydrogens is 185 g/mol. The molecule has 13 heavy (non-hydrogen) atoms.